The van der Waals surface area contributed by atoms with Gasteiger partial charge in [0, 0.05) is 16.8 Å². The highest BCUT2D eigenvalue weighted by atomic mass is 35.5. The van der Waals surface area contributed by atoms with Gasteiger partial charge in [0.05, 0.1) is 0 Å². The molecule has 0 aromatic heterocycles. The minimum Gasteiger partial charge on any atom is -0.316 e. The highest BCUT2D eigenvalue weighted by Crippen LogP contribution is 2.16. The van der Waals surface area contributed by atoms with Gasteiger partial charge in [-0.25, -0.2) is 4.39 Å². The zero-order valence-corrected chi connectivity index (χ0v) is 10.5. The number of benzene rings is 1. The number of rotatable bonds is 5. The number of nitrogens with one attached hydrogen (secondary N) is 1. The van der Waals surface area contributed by atoms with Crippen LogP contribution < -0.4 is 5.32 Å². The summed E-state index contributed by atoms with van der Waals surface area (Å²) in [6, 6.07) is 5.15. The molecule has 0 aliphatic rings. The van der Waals surface area contributed by atoms with Crippen LogP contribution >= 0.6 is 23.4 Å². The third-order valence-corrected chi connectivity index (χ3v) is 3.23. The molecule has 0 aliphatic heterocycles. The topological polar surface area (TPSA) is 12.0 Å². The molecule has 1 unspecified atom stereocenters. The van der Waals surface area contributed by atoms with Gasteiger partial charge in [0.15, 0.2) is 0 Å². The standard InChI is InChI=1S/C11H15ClFNS/c1-14-10(7-15-2)5-8-3-4-9(12)6-11(8)13/h3-4,6,10,14H,5,7H2,1-2H3. The zero-order chi connectivity index (χ0) is 11.3. The first kappa shape index (κ1) is 12.8. The van der Waals surface area contributed by atoms with Crippen LogP contribution in [-0.2, 0) is 6.42 Å². The van der Waals surface area contributed by atoms with E-state index >= 15 is 0 Å². The Morgan fingerprint density at radius 1 is 1.53 bits per heavy atom. The molecule has 15 heavy (non-hydrogen) atoms. The third-order valence-electron chi connectivity index (χ3n) is 2.26. The molecule has 0 spiro atoms. The monoisotopic (exact) mass is 247 g/mol. The van der Waals surface area contributed by atoms with Crippen LogP contribution in [0.5, 0.6) is 0 Å². The van der Waals surface area contributed by atoms with Gasteiger partial charge >= 0.3 is 0 Å². The summed E-state index contributed by atoms with van der Waals surface area (Å²) in [4.78, 5) is 0. The van der Waals surface area contributed by atoms with Crippen LogP contribution in [0.25, 0.3) is 0 Å². The quantitative estimate of drug-likeness (QED) is 0.859. The van der Waals surface area contributed by atoms with E-state index in [-0.39, 0.29) is 5.82 Å². The van der Waals surface area contributed by atoms with Gasteiger partial charge in [-0.3, -0.25) is 0 Å². The minimum atomic E-state index is -0.219. The highest BCUT2D eigenvalue weighted by Gasteiger charge is 2.10. The molecule has 1 aromatic carbocycles. The van der Waals surface area contributed by atoms with Gasteiger partial charge in [-0.1, -0.05) is 17.7 Å². The van der Waals surface area contributed by atoms with Gasteiger partial charge in [-0.05, 0) is 37.4 Å². The molecule has 0 amide bonds. The zero-order valence-electron chi connectivity index (χ0n) is 8.89. The van der Waals surface area contributed by atoms with E-state index in [1.54, 1.807) is 23.9 Å². The highest BCUT2D eigenvalue weighted by molar-refractivity contribution is 7.98. The molecule has 0 radical (unpaired) electrons. The molecule has 0 bridgehead atoms. The summed E-state index contributed by atoms with van der Waals surface area (Å²) in [6.07, 6.45) is 2.74. The van der Waals surface area contributed by atoms with Crippen LogP contribution in [0.1, 0.15) is 5.56 Å². The van der Waals surface area contributed by atoms with Crippen molar-refractivity contribution >= 4 is 23.4 Å². The van der Waals surface area contributed by atoms with Gasteiger partial charge in [0.2, 0.25) is 0 Å². The molecular weight excluding hydrogens is 233 g/mol. The molecule has 0 saturated carbocycles. The summed E-state index contributed by atoms with van der Waals surface area (Å²) >= 11 is 7.44. The van der Waals surface area contributed by atoms with Crippen molar-refractivity contribution in [2.75, 3.05) is 19.1 Å². The summed E-state index contributed by atoms with van der Waals surface area (Å²) in [6.45, 7) is 0. The fourth-order valence-electron chi connectivity index (χ4n) is 1.40. The maximum absolute atomic E-state index is 13.5. The maximum atomic E-state index is 13.5. The lowest BCUT2D eigenvalue weighted by Crippen LogP contribution is -2.30. The number of thioether (sulfide) groups is 1. The molecule has 1 aromatic rings. The van der Waals surface area contributed by atoms with E-state index in [4.69, 9.17) is 11.6 Å². The average molecular weight is 248 g/mol. The van der Waals surface area contributed by atoms with Crippen molar-refractivity contribution in [2.45, 2.75) is 12.5 Å². The molecule has 4 heteroatoms. The smallest absolute Gasteiger partial charge is 0.127 e. The predicted octanol–water partition coefficient (Wildman–Crippen LogP) is 2.97. The summed E-state index contributed by atoms with van der Waals surface area (Å²) in [5.41, 5.74) is 0.716. The molecule has 1 atom stereocenters. The van der Waals surface area contributed by atoms with Gasteiger partial charge in [0.25, 0.3) is 0 Å². The second kappa shape index (κ2) is 6.36. The second-order valence-corrected chi connectivity index (χ2v) is 4.73. The number of hydrogen-bond acceptors (Lipinski definition) is 2. The predicted molar refractivity (Wildman–Crippen MR) is 66.3 cm³/mol. The van der Waals surface area contributed by atoms with Gasteiger partial charge < -0.3 is 5.32 Å². The van der Waals surface area contributed by atoms with Crippen LogP contribution in [0.4, 0.5) is 4.39 Å². The first-order chi connectivity index (χ1) is 7.17. The van der Waals surface area contributed by atoms with Crippen molar-refractivity contribution < 1.29 is 4.39 Å². The van der Waals surface area contributed by atoms with Crippen LogP contribution in [0, 0.1) is 5.82 Å². The summed E-state index contributed by atoms with van der Waals surface area (Å²) < 4.78 is 13.5. The lowest BCUT2D eigenvalue weighted by atomic mass is 10.1. The molecule has 0 heterocycles. The van der Waals surface area contributed by atoms with E-state index in [0.717, 1.165) is 5.75 Å². The van der Waals surface area contributed by atoms with Crippen molar-refractivity contribution in [3.63, 3.8) is 0 Å². The first-order valence-corrected chi connectivity index (χ1v) is 6.54. The summed E-state index contributed by atoms with van der Waals surface area (Å²) in [5.74, 6) is 0.752. The van der Waals surface area contributed by atoms with E-state index in [0.29, 0.717) is 23.0 Å². The summed E-state index contributed by atoms with van der Waals surface area (Å²) in [5, 5.41) is 3.62. The number of halogens is 2. The van der Waals surface area contributed by atoms with Crippen LogP contribution in [-0.4, -0.2) is 25.1 Å². The van der Waals surface area contributed by atoms with Crippen molar-refractivity contribution in [3.05, 3.63) is 34.6 Å². The first-order valence-electron chi connectivity index (χ1n) is 4.77. The molecular formula is C11H15ClFNS. The fraction of sp³-hybridized carbons (Fsp3) is 0.455. The molecule has 0 saturated heterocycles. The summed E-state index contributed by atoms with van der Waals surface area (Å²) in [7, 11) is 1.90. The van der Waals surface area contributed by atoms with Gasteiger partial charge in [-0.2, -0.15) is 11.8 Å². The average Bonchev–Trinajstić information content (AvgIpc) is 2.21. The Morgan fingerprint density at radius 3 is 2.80 bits per heavy atom. The van der Waals surface area contributed by atoms with Gasteiger partial charge in [-0.15, -0.1) is 0 Å². The lowest BCUT2D eigenvalue weighted by molar-refractivity contribution is 0.568. The Balaban J connectivity index is 2.70. The van der Waals surface area contributed by atoms with Crippen molar-refractivity contribution in [2.24, 2.45) is 0 Å². The third kappa shape index (κ3) is 4.01. The van der Waals surface area contributed by atoms with Crippen LogP contribution in [0.15, 0.2) is 18.2 Å². The molecule has 1 nitrogen and oxygen atoms in total. The SMILES string of the molecule is CNC(CSC)Cc1ccc(Cl)cc1F. The molecule has 1 rings (SSSR count). The van der Waals surface area contributed by atoms with E-state index < -0.39 is 0 Å². The molecule has 1 N–H and O–H groups in total. The van der Waals surface area contributed by atoms with Crippen molar-refractivity contribution in [3.8, 4) is 0 Å². The second-order valence-electron chi connectivity index (χ2n) is 3.38. The van der Waals surface area contributed by atoms with Crippen molar-refractivity contribution in [1.29, 1.82) is 0 Å². The Kier molecular flexibility index (Phi) is 5.43. The van der Waals surface area contributed by atoms with E-state index in [9.17, 15) is 4.39 Å². The maximum Gasteiger partial charge on any atom is 0.127 e. The van der Waals surface area contributed by atoms with Crippen molar-refractivity contribution in [1.82, 2.24) is 5.32 Å². The molecule has 84 valence electrons. The minimum absolute atomic E-state index is 0.219. The lowest BCUT2D eigenvalue weighted by Gasteiger charge is -2.15. The van der Waals surface area contributed by atoms with E-state index in [2.05, 4.69) is 5.32 Å². The van der Waals surface area contributed by atoms with Gasteiger partial charge in [0.1, 0.15) is 5.82 Å². The Hall–Kier alpha value is -0.250. The Morgan fingerprint density at radius 2 is 2.27 bits per heavy atom. The molecule has 0 fully saturated rings. The fourth-order valence-corrected chi connectivity index (χ4v) is 2.24. The molecule has 0 aliphatic carbocycles. The van der Waals surface area contributed by atoms with Crippen LogP contribution in [0.2, 0.25) is 5.02 Å². The Labute approximate surface area is 99.4 Å². The number of hydrogen-bond donors (Lipinski definition) is 1. The Bertz CT molecular complexity index is 319. The largest absolute Gasteiger partial charge is 0.316 e. The van der Waals surface area contributed by atoms with E-state index in [1.807, 2.05) is 13.3 Å². The van der Waals surface area contributed by atoms with Crippen LogP contribution in [0.3, 0.4) is 0 Å². The van der Waals surface area contributed by atoms with E-state index in [1.165, 1.54) is 6.07 Å². The number of likely N-dealkylation sites (N-methyl/N-ethyl adjacent to an activating group) is 1. The normalized spacial score (nSPS) is 12.8.